The minimum absolute atomic E-state index is 0. The standard InChI is InChI=1S/C16H22FN5S.HI/c1-18-15(19-9-8-12-6-4-5-7-14(12)17)20-10-13-11-23-16(21-13)22(2)3;/h4-7,11H,8-10H2,1-3H3,(H2,18,19,20);1H. The Balaban J connectivity index is 0.00000288. The van der Waals surface area contributed by atoms with Crippen LogP contribution in [0.2, 0.25) is 0 Å². The largest absolute Gasteiger partial charge is 0.356 e. The second kappa shape index (κ2) is 10.4. The number of aromatic nitrogens is 1. The lowest BCUT2D eigenvalue weighted by atomic mass is 10.1. The van der Waals surface area contributed by atoms with Gasteiger partial charge in [-0.05, 0) is 18.1 Å². The van der Waals surface area contributed by atoms with Gasteiger partial charge >= 0.3 is 0 Å². The molecule has 1 heterocycles. The van der Waals surface area contributed by atoms with E-state index < -0.39 is 0 Å². The minimum Gasteiger partial charge on any atom is -0.356 e. The molecule has 2 aromatic rings. The Labute approximate surface area is 163 Å². The first kappa shape index (κ1) is 20.6. The summed E-state index contributed by atoms with van der Waals surface area (Å²) in [6, 6.07) is 6.82. The van der Waals surface area contributed by atoms with Crippen molar-refractivity contribution in [2.45, 2.75) is 13.0 Å². The summed E-state index contributed by atoms with van der Waals surface area (Å²) >= 11 is 1.61. The molecule has 0 spiro atoms. The number of hydrogen-bond donors (Lipinski definition) is 2. The van der Waals surface area contributed by atoms with Crippen LogP contribution in [0.15, 0.2) is 34.6 Å². The fraction of sp³-hybridized carbons (Fsp3) is 0.375. The Morgan fingerprint density at radius 3 is 2.67 bits per heavy atom. The molecule has 8 heteroatoms. The van der Waals surface area contributed by atoms with Gasteiger partial charge in [0.05, 0.1) is 12.2 Å². The molecule has 132 valence electrons. The normalized spacial score (nSPS) is 10.9. The molecule has 0 saturated heterocycles. The van der Waals surface area contributed by atoms with Gasteiger partial charge in [-0.3, -0.25) is 4.99 Å². The summed E-state index contributed by atoms with van der Waals surface area (Å²) in [6.07, 6.45) is 0.606. The maximum Gasteiger partial charge on any atom is 0.191 e. The highest BCUT2D eigenvalue weighted by atomic mass is 127. The fourth-order valence-corrected chi connectivity index (χ4v) is 2.75. The third-order valence-electron chi connectivity index (χ3n) is 3.23. The smallest absolute Gasteiger partial charge is 0.191 e. The van der Waals surface area contributed by atoms with Gasteiger partial charge < -0.3 is 15.5 Å². The van der Waals surface area contributed by atoms with Gasteiger partial charge in [-0.15, -0.1) is 35.3 Å². The molecular formula is C16H23FIN5S. The van der Waals surface area contributed by atoms with E-state index in [4.69, 9.17) is 0 Å². The van der Waals surface area contributed by atoms with E-state index in [0.717, 1.165) is 10.8 Å². The zero-order valence-corrected chi connectivity index (χ0v) is 17.2. The average molecular weight is 463 g/mol. The SMILES string of the molecule is CN=C(NCCc1ccccc1F)NCc1csc(N(C)C)n1.I. The Morgan fingerprint density at radius 1 is 1.29 bits per heavy atom. The maximum absolute atomic E-state index is 13.5. The van der Waals surface area contributed by atoms with Crippen LogP contribution in [0.1, 0.15) is 11.3 Å². The van der Waals surface area contributed by atoms with Crippen LogP contribution in [-0.2, 0) is 13.0 Å². The lowest BCUT2D eigenvalue weighted by molar-refractivity contribution is 0.606. The predicted molar refractivity (Wildman–Crippen MR) is 110 cm³/mol. The zero-order valence-electron chi connectivity index (χ0n) is 14.0. The van der Waals surface area contributed by atoms with Crippen molar-refractivity contribution >= 4 is 46.4 Å². The van der Waals surface area contributed by atoms with Gasteiger partial charge in [0.1, 0.15) is 5.82 Å². The Morgan fingerprint density at radius 2 is 2.04 bits per heavy atom. The molecule has 0 aliphatic heterocycles. The monoisotopic (exact) mass is 463 g/mol. The van der Waals surface area contributed by atoms with Gasteiger partial charge in [0, 0.05) is 33.1 Å². The molecule has 2 N–H and O–H groups in total. The third-order valence-corrected chi connectivity index (χ3v) is 4.28. The summed E-state index contributed by atoms with van der Waals surface area (Å²) in [7, 11) is 5.66. The van der Waals surface area contributed by atoms with Crippen LogP contribution >= 0.6 is 35.3 Å². The Bertz CT molecular complexity index is 659. The molecule has 1 aromatic heterocycles. The van der Waals surface area contributed by atoms with E-state index in [2.05, 4.69) is 20.6 Å². The van der Waals surface area contributed by atoms with Gasteiger partial charge in [0.15, 0.2) is 11.1 Å². The highest BCUT2D eigenvalue weighted by molar-refractivity contribution is 14.0. The second-order valence-corrected chi connectivity index (χ2v) is 6.05. The first-order valence-corrected chi connectivity index (χ1v) is 8.27. The molecule has 0 bridgehead atoms. The first-order valence-electron chi connectivity index (χ1n) is 7.40. The van der Waals surface area contributed by atoms with E-state index in [1.165, 1.54) is 6.07 Å². The number of anilines is 1. The third kappa shape index (κ3) is 6.23. The highest BCUT2D eigenvalue weighted by Crippen LogP contribution is 2.17. The molecule has 2 rings (SSSR count). The second-order valence-electron chi connectivity index (χ2n) is 5.21. The van der Waals surface area contributed by atoms with E-state index in [9.17, 15) is 4.39 Å². The number of nitrogens with one attached hydrogen (secondary N) is 2. The molecule has 1 aromatic carbocycles. The van der Waals surface area contributed by atoms with Crippen LogP contribution in [0, 0.1) is 5.82 Å². The number of benzene rings is 1. The summed E-state index contributed by atoms with van der Waals surface area (Å²) in [5.41, 5.74) is 1.67. The molecular weight excluding hydrogens is 440 g/mol. The summed E-state index contributed by atoms with van der Waals surface area (Å²) < 4.78 is 13.5. The van der Waals surface area contributed by atoms with E-state index >= 15 is 0 Å². The van der Waals surface area contributed by atoms with E-state index in [0.29, 0.717) is 31.0 Å². The molecule has 0 unspecified atom stereocenters. The molecule has 5 nitrogen and oxygen atoms in total. The average Bonchev–Trinajstić information content (AvgIpc) is 3.01. The lowest BCUT2D eigenvalue weighted by Crippen LogP contribution is -2.38. The van der Waals surface area contributed by atoms with Crippen LogP contribution in [0.3, 0.4) is 0 Å². The highest BCUT2D eigenvalue weighted by Gasteiger charge is 2.05. The van der Waals surface area contributed by atoms with Gasteiger partial charge in [-0.1, -0.05) is 18.2 Å². The van der Waals surface area contributed by atoms with Crippen molar-refractivity contribution in [1.82, 2.24) is 15.6 Å². The molecule has 0 atom stereocenters. The van der Waals surface area contributed by atoms with E-state index in [1.807, 2.05) is 30.4 Å². The van der Waals surface area contributed by atoms with Gasteiger partial charge in [-0.25, -0.2) is 9.37 Å². The van der Waals surface area contributed by atoms with Crippen molar-refractivity contribution in [3.05, 3.63) is 46.7 Å². The van der Waals surface area contributed by atoms with Crippen molar-refractivity contribution < 1.29 is 4.39 Å². The molecule has 24 heavy (non-hydrogen) atoms. The number of halogens is 2. The number of nitrogens with zero attached hydrogens (tertiary/aromatic N) is 3. The minimum atomic E-state index is -0.170. The van der Waals surface area contributed by atoms with Crippen LogP contribution in [0.5, 0.6) is 0 Å². The number of thiazole rings is 1. The molecule has 0 aliphatic carbocycles. The van der Waals surface area contributed by atoms with Crippen molar-refractivity contribution in [1.29, 1.82) is 0 Å². The number of guanidine groups is 1. The number of hydrogen-bond acceptors (Lipinski definition) is 4. The van der Waals surface area contributed by atoms with Crippen molar-refractivity contribution in [3.8, 4) is 0 Å². The fourth-order valence-electron chi connectivity index (χ4n) is 1.99. The predicted octanol–water partition coefficient (Wildman–Crippen LogP) is 2.87. The molecule has 0 saturated carbocycles. The molecule has 0 amide bonds. The van der Waals surface area contributed by atoms with Gasteiger partial charge in [0.2, 0.25) is 0 Å². The van der Waals surface area contributed by atoms with Crippen LogP contribution in [-0.4, -0.2) is 38.6 Å². The molecule has 0 aliphatic rings. The van der Waals surface area contributed by atoms with Crippen LogP contribution in [0.4, 0.5) is 9.52 Å². The van der Waals surface area contributed by atoms with Crippen LogP contribution < -0.4 is 15.5 Å². The van der Waals surface area contributed by atoms with Crippen LogP contribution in [0.25, 0.3) is 0 Å². The first-order chi connectivity index (χ1) is 11.1. The van der Waals surface area contributed by atoms with Gasteiger partial charge in [-0.2, -0.15) is 0 Å². The summed E-state index contributed by atoms with van der Waals surface area (Å²) in [5.74, 6) is 0.511. The molecule has 0 radical (unpaired) electrons. The zero-order chi connectivity index (χ0) is 16.7. The molecule has 0 fully saturated rings. The van der Waals surface area contributed by atoms with Crippen molar-refractivity contribution in [3.63, 3.8) is 0 Å². The Kier molecular flexibility index (Phi) is 8.98. The van der Waals surface area contributed by atoms with E-state index in [-0.39, 0.29) is 29.8 Å². The number of rotatable bonds is 6. The topological polar surface area (TPSA) is 52.6 Å². The Hall–Kier alpha value is -1.42. The van der Waals surface area contributed by atoms with Crippen molar-refractivity contribution in [2.24, 2.45) is 4.99 Å². The maximum atomic E-state index is 13.5. The van der Waals surface area contributed by atoms with Gasteiger partial charge in [0.25, 0.3) is 0 Å². The summed E-state index contributed by atoms with van der Waals surface area (Å²) in [5, 5.41) is 9.39. The number of aliphatic imine (C=N–C) groups is 1. The van der Waals surface area contributed by atoms with E-state index in [1.54, 1.807) is 30.5 Å². The lowest BCUT2D eigenvalue weighted by Gasteiger charge is -2.11. The quantitative estimate of drug-likeness (QED) is 0.393. The summed E-state index contributed by atoms with van der Waals surface area (Å²) in [4.78, 5) is 10.7. The summed E-state index contributed by atoms with van der Waals surface area (Å²) in [6.45, 7) is 1.21. The van der Waals surface area contributed by atoms with Crippen molar-refractivity contribution in [2.75, 3.05) is 32.6 Å².